The first-order valence-corrected chi connectivity index (χ1v) is 8.00. The molecule has 3 nitrogen and oxygen atoms in total. The Bertz CT molecular complexity index is 708. The summed E-state index contributed by atoms with van der Waals surface area (Å²) >= 11 is 7.43. The lowest BCUT2D eigenvalue weighted by atomic mass is 10.1. The van der Waals surface area contributed by atoms with Gasteiger partial charge >= 0.3 is 0 Å². The molecule has 0 aliphatic heterocycles. The Balaban J connectivity index is 2.04. The summed E-state index contributed by atoms with van der Waals surface area (Å²) in [5, 5.41) is 5.76. The van der Waals surface area contributed by atoms with Crippen LogP contribution in [0.25, 0.3) is 0 Å². The number of rotatable bonds is 2. The second kappa shape index (κ2) is 7.15. The van der Waals surface area contributed by atoms with E-state index < -0.39 is 0 Å². The Morgan fingerprint density at radius 3 is 2.23 bits per heavy atom. The van der Waals surface area contributed by atoms with E-state index in [-0.39, 0.29) is 16.8 Å². The average molecular weight is 428 g/mol. The number of benzene rings is 2. The third-order valence-corrected chi connectivity index (χ3v) is 4.93. The van der Waals surface area contributed by atoms with E-state index in [1.807, 2.05) is 26.0 Å². The summed E-state index contributed by atoms with van der Waals surface area (Å²) in [7, 11) is 0. The number of carbonyl (C=O) groups excluding carboxylic acids is 1. The molecule has 2 N–H and O–H groups in total. The van der Waals surface area contributed by atoms with Crippen LogP contribution in [0.2, 0.25) is 0 Å². The molecule has 0 saturated carbocycles. The maximum Gasteiger partial charge on any atom is 0.257 e. The number of hydrogen-bond donors (Lipinski definition) is 2. The van der Waals surface area contributed by atoms with Crippen LogP contribution < -0.4 is 10.6 Å². The van der Waals surface area contributed by atoms with Crippen molar-refractivity contribution in [2.24, 2.45) is 0 Å². The molecule has 0 saturated heterocycles. The molecule has 1 amide bonds. The molecule has 2 rings (SSSR count). The highest BCUT2D eigenvalue weighted by molar-refractivity contribution is 14.1. The van der Waals surface area contributed by atoms with Gasteiger partial charge in [0.1, 0.15) is 5.82 Å². The van der Waals surface area contributed by atoms with E-state index in [1.54, 1.807) is 0 Å². The number of thiocarbonyl (C=S) groups is 1. The number of carbonyl (C=O) groups is 1. The topological polar surface area (TPSA) is 41.1 Å². The highest BCUT2D eigenvalue weighted by Crippen LogP contribution is 2.21. The van der Waals surface area contributed by atoms with Crippen molar-refractivity contribution in [1.29, 1.82) is 0 Å². The summed E-state index contributed by atoms with van der Waals surface area (Å²) in [6.45, 7) is 4.03. The van der Waals surface area contributed by atoms with Crippen LogP contribution in [-0.4, -0.2) is 11.0 Å². The molecule has 0 aliphatic carbocycles. The molecule has 2 aromatic carbocycles. The van der Waals surface area contributed by atoms with Crippen molar-refractivity contribution in [2.45, 2.75) is 13.8 Å². The van der Waals surface area contributed by atoms with E-state index in [1.165, 1.54) is 27.8 Å². The first kappa shape index (κ1) is 16.8. The van der Waals surface area contributed by atoms with Gasteiger partial charge < -0.3 is 5.32 Å². The van der Waals surface area contributed by atoms with E-state index in [0.29, 0.717) is 5.56 Å². The standard InChI is InChI=1S/C16H14FIN2OS/c1-9-7-13(8-10(2)14(9)18)19-16(22)20-15(21)11-3-5-12(17)6-4-11/h3-8H,1-2H3,(H2,19,20,21,22). The molecule has 0 unspecified atom stereocenters. The fourth-order valence-electron chi connectivity index (χ4n) is 1.96. The van der Waals surface area contributed by atoms with E-state index in [9.17, 15) is 9.18 Å². The molecule has 0 radical (unpaired) electrons. The number of amides is 1. The molecule has 0 aliphatic rings. The van der Waals surface area contributed by atoms with Gasteiger partial charge in [0.05, 0.1) is 0 Å². The summed E-state index contributed by atoms with van der Waals surface area (Å²) in [6.07, 6.45) is 0. The minimum Gasteiger partial charge on any atom is -0.332 e. The summed E-state index contributed by atoms with van der Waals surface area (Å²) in [4.78, 5) is 12.0. The third kappa shape index (κ3) is 4.23. The minimum atomic E-state index is -0.387. The fraction of sp³-hybridized carbons (Fsp3) is 0.125. The molecule has 0 atom stereocenters. The van der Waals surface area contributed by atoms with Crippen molar-refractivity contribution in [1.82, 2.24) is 5.32 Å². The van der Waals surface area contributed by atoms with Crippen molar-refractivity contribution in [2.75, 3.05) is 5.32 Å². The molecule has 114 valence electrons. The summed E-state index contributed by atoms with van der Waals surface area (Å²) in [6, 6.07) is 9.21. The van der Waals surface area contributed by atoms with Crippen LogP contribution in [0.1, 0.15) is 21.5 Å². The van der Waals surface area contributed by atoms with Crippen molar-refractivity contribution in [3.8, 4) is 0 Å². The van der Waals surface area contributed by atoms with Crippen molar-refractivity contribution in [3.05, 3.63) is 62.5 Å². The van der Waals surface area contributed by atoms with Gasteiger partial charge in [0.15, 0.2) is 5.11 Å². The first-order valence-electron chi connectivity index (χ1n) is 6.51. The van der Waals surface area contributed by atoms with Crippen molar-refractivity contribution in [3.63, 3.8) is 0 Å². The smallest absolute Gasteiger partial charge is 0.257 e. The molecule has 0 spiro atoms. The zero-order valence-corrected chi connectivity index (χ0v) is 15.0. The van der Waals surface area contributed by atoms with E-state index >= 15 is 0 Å². The number of aryl methyl sites for hydroxylation is 2. The van der Waals surface area contributed by atoms with Crippen LogP contribution >= 0.6 is 34.8 Å². The highest BCUT2D eigenvalue weighted by Gasteiger charge is 2.09. The number of hydrogen-bond acceptors (Lipinski definition) is 2. The molecule has 0 heterocycles. The normalized spacial score (nSPS) is 10.2. The molecular formula is C16H14FIN2OS. The van der Waals surface area contributed by atoms with Gasteiger partial charge in [0, 0.05) is 14.8 Å². The van der Waals surface area contributed by atoms with E-state index in [0.717, 1.165) is 16.8 Å². The van der Waals surface area contributed by atoms with Gasteiger partial charge in [-0.25, -0.2) is 4.39 Å². The van der Waals surface area contributed by atoms with Crippen LogP contribution in [0.15, 0.2) is 36.4 Å². The van der Waals surface area contributed by atoms with Crippen molar-refractivity contribution < 1.29 is 9.18 Å². The lowest BCUT2D eigenvalue weighted by Crippen LogP contribution is -2.34. The average Bonchev–Trinajstić information content (AvgIpc) is 2.45. The Labute approximate surface area is 147 Å². The highest BCUT2D eigenvalue weighted by atomic mass is 127. The van der Waals surface area contributed by atoms with Gasteiger partial charge in [-0.05, 0) is 96.2 Å². The molecule has 0 aromatic heterocycles. The van der Waals surface area contributed by atoms with Gasteiger partial charge in [-0.2, -0.15) is 0 Å². The number of anilines is 1. The van der Waals surface area contributed by atoms with Crippen LogP contribution in [0.4, 0.5) is 10.1 Å². The lowest BCUT2D eigenvalue weighted by Gasteiger charge is -2.12. The zero-order chi connectivity index (χ0) is 16.3. The van der Waals surface area contributed by atoms with Gasteiger partial charge in [-0.3, -0.25) is 10.1 Å². The molecule has 22 heavy (non-hydrogen) atoms. The van der Waals surface area contributed by atoms with Crippen molar-refractivity contribution >= 4 is 51.5 Å². The molecule has 0 bridgehead atoms. The fourth-order valence-corrected chi connectivity index (χ4v) is 2.48. The Hall–Kier alpha value is -1.54. The van der Waals surface area contributed by atoms with Crippen LogP contribution in [0.5, 0.6) is 0 Å². The number of nitrogens with one attached hydrogen (secondary N) is 2. The summed E-state index contributed by atoms with van der Waals surface area (Å²) < 4.78 is 14.0. The van der Waals surface area contributed by atoms with Gasteiger partial charge in [0.25, 0.3) is 5.91 Å². The minimum absolute atomic E-state index is 0.203. The maximum absolute atomic E-state index is 12.8. The monoisotopic (exact) mass is 428 g/mol. The van der Waals surface area contributed by atoms with Gasteiger partial charge in [0.2, 0.25) is 0 Å². The summed E-state index contributed by atoms with van der Waals surface area (Å²) in [5.74, 6) is -0.765. The molecule has 2 aromatic rings. The third-order valence-electron chi connectivity index (χ3n) is 3.03. The van der Waals surface area contributed by atoms with Gasteiger partial charge in [-0.1, -0.05) is 0 Å². The Kier molecular flexibility index (Phi) is 5.47. The van der Waals surface area contributed by atoms with Crippen LogP contribution in [0.3, 0.4) is 0 Å². The molecule has 0 fully saturated rings. The Morgan fingerprint density at radius 2 is 1.68 bits per heavy atom. The summed E-state index contributed by atoms with van der Waals surface area (Å²) in [5.41, 5.74) is 3.44. The zero-order valence-electron chi connectivity index (χ0n) is 12.0. The first-order chi connectivity index (χ1) is 10.4. The van der Waals surface area contributed by atoms with Crippen LogP contribution in [0, 0.1) is 23.2 Å². The molecule has 6 heteroatoms. The lowest BCUT2D eigenvalue weighted by molar-refractivity contribution is 0.0977. The SMILES string of the molecule is Cc1cc(NC(=S)NC(=O)c2ccc(F)cc2)cc(C)c1I. The quantitative estimate of drug-likeness (QED) is 0.557. The maximum atomic E-state index is 12.8. The predicted octanol–water partition coefficient (Wildman–Crippen LogP) is 4.17. The van der Waals surface area contributed by atoms with Crippen LogP contribution in [-0.2, 0) is 0 Å². The largest absolute Gasteiger partial charge is 0.332 e. The molecular weight excluding hydrogens is 414 g/mol. The predicted molar refractivity (Wildman–Crippen MR) is 98.7 cm³/mol. The van der Waals surface area contributed by atoms with E-state index in [4.69, 9.17) is 12.2 Å². The second-order valence-electron chi connectivity index (χ2n) is 4.84. The second-order valence-corrected chi connectivity index (χ2v) is 6.33. The van der Waals surface area contributed by atoms with E-state index in [2.05, 4.69) is 33.2 Å². The van der Waals surface area contributed by atoms with Gasteiger partial charge in [-0.15, -0.1) is 0 Å². The Morgan fingerprint density at radius 1 is 1.14 bits per heavy atom. The number of halogens is 2.